The van der Waals surface area contributed by atoms with Crippen LogP contribution in [0.25, 0.3) is 11.1 Å². The van der Waals surface area contributed by atoms with Crippen LogP contribution in [0.1, 0.15) is 30.6 Å². The van der Waals surface area contributed by atoms with Gasteiger partial charge in [0.2, 0.25) is 0 Å². The molecule has 3 aromatic rings. The first-order valence-electron chi connectivity index (χ1n) is 10.7. The van der Waals surface area contributed by atoms with Crippen molar-refractivity contribution in [2.45, 2.75) is 26.3 Å². The van der Waals surface area contributed by atoms with Crippen LogP contribution in [-0.2, 0) is 16.6 Å². The Balaban J connectivity index is 1.89. The van der Waals surface area contributed by atoms with E-state index in [1.165, 1.54) is 17.7 Å². The quantitative estimate of drug-likeness (QED) is 0.427. The summed E-state index contributed by atoms with van der Waals surface area (Å²) in [6.45, 7) is 3.56. The first-order valence-corrected chi connectivity index (χ1v) is 11.1. The Labute approximate surface area is 202 Å². The second-order valence-electron chi connectivity index (χ2n) is 7.71. The van der Waals surface area contributed by atoms with E-state index in [0.29, 0.717) is 16.3 Å². The van der Waals surface area contributed by atoms with E-state index in [2.05, 4.69) is 10.6 Å². The van der Waals surface area contributed by atoms with Gasteiger partial charge in [-0.15, -0.1) is 0 Å². The van der Waals surface area contributed by atoms with Crippen LogP contribution in [-0.4, -0.2) is 28.3 Å². The molecule has 0 aliphatic rings. The lowest BCUT2D eigenvalue weighted by molar-refractivity contribution is -0.143. The molecule has 3 rings (SSSR count). The van der Waals surface area contributed by atoms with Crippen molar-refractivity contribution in [2.75, 3.05) is 11.9 Å². The maximum absolute atomic E-state index is 12.8. The first-order chi connectivity index (χ1) is 16.2. The molecule has 0 saturated heterocycles. The van der Waals surface area contributed by atoms with E-state index < -0.39 is 23.6 Å². The molecular formula is C25H26ClN3O5. The number of pyridine rings is 1. The van der Waals surface area contributed by atoms with Crippen molar-refractivity contribution in [3.8, 4) is 16.9 Å². The smallest absolute Gasteiger partial charge is 0.319 e. The van der Waals surface area contributed by atoms with E-state index in [4.69, 9.17) is 16.3 Å². The highest BCUT2D eigenvalue weighted by molar-refractivity contribution is 6.30. The number of carbonyl (C=O) groups excluding carboxylic acids is 2. The molecule has 8 nitrogen and oxygen atoms in total. The Morgan fingerprint density at radius 3 is 2.47 bits per heavy atom. The fourth-order valence-electron chi connectivity index (χ4n) is 3.47. The van der Waals surface area contributed by atoms with E-state index in [1.54, 1.807) is 26.0 Å². The molecule has 0 bridgehead atoms. The second-order valence-corrected chi connectivity index (χ2v) is 8.14. The number of halogens is 1. The number of aromatic nitrogens is 1. The van der Waals surface area contributed by atoms with Crippen LogP contribution in [0.5, 0.6) is 5.75 Å². The number of amides is 2. The zero-order chi connectivity index (χ0) is 24.8. The fourth-order valence-corrected chi connectivity index (χ4v) is 3.66. The third-order valence-electron chi connectivity index (χ3n) is 5.32. The number of ether oxygens (including phenoxy) is 1. The van der Waals surface area contributed by atoms with Crippen molar-refractivity contribution in [2.24, 2.45) is 7.05 Å². The highest BCUT2D eigenvalue weighted by Gasteiger charge is 2.22. The monoisotopic (exact) mass is 483 g/mol. The Bertz CT molecular complexity index is 1270. The number of urea groups is 1. The molecule has 0 radical (unpaired) electrons. The third kappa shape index (κ3) is 5.96. The summed E-state index contributed by atoms with van der Waals surface area (Å²) >= 11 is 6.12. The van der Waals surface area contributed by atoms with Crippen LogP contribution in [0.15, 0.2) is 59.4 Å². The summed E-state index contributed by atoms with van der Waals surface area (Å²) in [6.07, 6.45) is -0.127. The van der Waals surface area contributed by atoms with Crippen LogP contribution in [0.2, 0.25) is 5.02 Å². The lowest BCUT2D eigenvalue weighted by Crippen LogP contribution is -2.36. The van der Waals surface area contributed by atoms with Gasteiger partial charge in [-0.25, -0.2) is 4.79 Å². The molecule has 2 aromatic carbocycles. The minimum absolute atomic E-state index is 0.127. The average Bonchev–Trinajstić information content (AvgIpc) is 2.80. The predicted molar refractivity (Wildman–Crippen MR) is 131 cm³/mol. The number of nitrogens with zero attached hydrogens (tertiary/aromatic N) is 1. The average molecular weight is 484 g/mol. The third-order valence-corrected chi connectivity index (χ3v) is 5.55. The maximum Gasteiger partial charge on any atom is 0.319 e. The molecule has 1 heterocycles. The Morgan fingerprint density at radius 1 is 1.12 bits per heavy atom. The van der Waals surface area contributed by atoms with Gasteiger partial charge in [-0.1, -0.05) is 41.9 Å². The Morgan fingerprint density at radius 2 is 1.79 bits per heavy atom. The van der Waals surface area contributed by atoms with E-state index in [9.17, 15) is 19.5 Å². The molecule has 34 heavy (non-hydrogen) atoms. The van der Waals surface area contributed by atoms with Crippen LogP contribution in [0, 0.1) is 6.92 Å². The van der Waals surface area contributed by atoms with Crippen LogP contribution < -0.4 is 16.2 Å². The van der Waals surface area contributed by atoms with Gasteiger partial charge in [0.25, 0.3) is 5.56 Å². The second kappa shape index (κ2) is 10.9. The zero-order valence-electron chi connectivity index (χ0n) is 19.1. The highest BCUT2D eigenvalue weighted by atomic mass is 35.5. The lowest BCUT2D eigenvalue weighted by Gasteiger charge is -2.20. The number of nitrogens with one attached hydrogen (secondary N) is 2. The molecule has 0 unspecified atom stereocenters. The predicted octanol–water partition coefficient (Wildman–Crippen LogP) is 4.54. The molecule has 1 atom stereocenters. The van der Waals surface area contributed by atoms with E-state index >= 15 is 0 Å². The van der Waals surface area contributed by atoms with Crippen molar-refractivity contribution < 1.29 is 19.4 Å². The zero-order valence-corrected chi connectivity index (χ0v) is 19.8. The van der Waals surface area contributed by atoms with Crippen LogP contribution in [0.3, 0.4) is 0 Å². The standard InChI is InChI=1S/C25H26ClN3O5/c1-4-34-22(31)14-20(18-9-5-7-16(12-18)17-8-6-10-19(26)13-17)27-25(33)28-23-21(30)11-15(2)29(3)24(23)32/h5-13,20,30H,4,14H2,1-3H3,(H2,27,28,33)/t20-/m0/s1. The minimum Gasteiger partial charge on any atom is -0.505 e. The van der Waals surface area contributed by atoms with E-state index in [-0.39, 0.29) is 24.5 Å². The SMILES string of the molecule is CCOC(=O)C[C@H](NC(=O)Nc1c(O)cc(C)n(C)c1=O)c1cccc(-c2cccc(Cl)c2)c1. The summed E-state index contributed by atoms with van der Waals surface area (Å²) in [7, 11) is 1.53. The summed E-state index contributed by atoms with van der Waals surface area (Å²) in [5.41, 5.74) is 2.10. The molecule has 178 valence electrons. The lowest BCUT2D eigenvalue weighted by atomic mass is 9.98. The van der Waals surface area contributed by atoms with Gasteiger partial charge in [0, 0.05) is 23.8 Å². The first kappa shape index (κ1) is 24.9. The number of anilines is 1. The van der Waals surface area contributed by atoms with Gasteiger partial charge in [-0.2, -0.15) is 0 Å². The number of esters is 1. The maximum atomic E-state index is 12.8. The van der Waals surface area contributed by atoms with Gasteiger partial charge in [0.15, 0.2) is 5.69 Å². The Hall–Kier alpha value is -3.78. The summed E-state index contributed by atoms with van der Waals surface area (Å²) < 4.78 is 6.38. The van der Waals surface area contributed by atoms with E-state index in [0.717, 1.165) is 11.1 Å². The van der Waals surface area contributed by atoms with Gasteiger partial charge in [0.05, 0.1) is 19.1 Å². The molecule has 2 amide bonds. The number of aromatic hydroxyl groups is 1. The van der Waals surface area contributed by atoms with Crippen LogP contribution >= 0.6 is 11.6 Å². The van der Waals surface area contributed by atoms with Crippen LogP contribution in [0.4, 0.5) is 10.5 Å². The topological polar surface area (TPSA) is 110 Å². The van der Waals surface area contributed by atoms with Crippen molar-refractivity contribution >= 4 is 29.3 Å². The summed E-state index contributed by atoms with van der Waals surface area (Å²) in [6, 6.07) is 14.5. The van der Waals surface area contributed by atoms with Gasteiger partial charge >= 0.3 is 12.0 Å². The highest BCUT2D eigenvalue weighted by Crippen LogP contribution is 2.27. The number of benzene rings is 2. The molecule has 0 aliphatic carbocycles. The normalized spacial score (nSPS) is 11.5. The summed E-state index contributed by atoms with van der Waals surface area (Å²) in [4.78, 5) is 37.5. The minimum atomic E-state index is -0.755. The molecule has 0 aliphatic heterocycles. The van der Waals surface area contributed by atoms with E-state index in [1.807, 2.05) is 36.4 Å². The van der Waals surface area contributed by atoms with Gasteiger partial charge in [-0.3, -0.25) is 9.59 Å². The number of hydrogen-bond acceptors (Lipinski definition) is 5. The van der Waals surface area contributed by atoms with Crippen molar-refractivity contribution in [3.05, 3.63) is 81.2 Å². The number of carbonyl (C=O) groups is 2. The van der Waals surface area contributed by atoms with Gasteiger partial charge in [-0.05, 0) is 48.7 Å². The fraction of sp³-hybridized carbons (Fsp3) is 0.240. The number of aryl methyl sites for hydroxylation is 1. The molecular weight excluding hydrogens is 458 g/mol. The molecule has 0 spiro atoms. The van der Waals surface area contributed by atoms with Crippen molar-refractivity contribution in [1.82, 2.24) is 9.88 Å². The van der Waals surface area contributed by atoms with Gasteiger partial charge in [0.1, 0.15) is 5.75 Å². The largest absolute Gasteiger partial charge is 0.505 e. The van der Waals surface area contributed by atoms with Gasteiger partial charge < -0.3 is 25.0 Å². The Kier molecular flexibility index (Phi) is 7.96. The molecule has 3 N–H and O–H groups in total. The number of hydrogen-bond donors (Lipinski definition) is 3. The summed E-state index contributed by atoms with van der Waals surface area (Å²) in [5, 5.41) is 15.9. The van der Waals surface area contributed by atoms with Crippen molar-refractivity contribution in [1.29, 1.82) is 0 Å². The molecule has 0 fully saturated rings. The molecule has 0 saturated carbocycles. The molecule has 1 aromatic heterocycles. The molecule has 9 heteroatoms. The van der Waals surface area contributed by atoms with Crippen molar-refractivity contribution in [3.63, 3.8) is 0 Å². The number of rotatable bonds is 7. The summed E-state index contributed by atoms with van der Waals surface area (Å²) in [5.74, 6) is -0.837.